The van der Waals surface area contributed by atoms with Crippen LogP contribution in [0.3, 0.4) is 0 Å². The van der Waals surface area contributed by atoms with Gasteiger partial charge in [-0.05, 0) is 0 Å². The van der Waals surface area contributed by atoms with Gasteiger partial charge in [0.05, 0.1) is 0 Å². The first-order valence-electron chi connectivity index (χ1n) is 7.60. The maximum atomic E-state index is 10.4. The average Bonchev–Trinajstić information content (AvgIpc) is 3.05. The molecule has 0 amide bonds. The molecule has 4 rings (SSSR count). The van der Waals surface area contributed by atoms with Crippen molar-refractivity contribution in [2.45, 2.75) is 57.6 Å². The molecule has 0 unspecified atom stereocenters. The van der Waals surface area contributed by atoms with E-state index in [0.29, 0.717) is 11.8 Å². The van der Waals surface area contributed by atoms with Gasteiger partial charge >= 0.3 is 116 Å². The fraction of sp³-hybridized carbons (Fsp3) is 1.00. The molecular weight excluding hydrogens is 401 g/mol. The van der Waals surface area contributed by atoms with Crippen molar-refractivity contribution in [1.29, 1.82) is 0 Å². The van der Waals surface area contributed by atoms with Crippen LogP contribution >= 0.6 is 0 Å². The van der Waals surface area contributed by atoms with E-state index in [-0.39, 0.29) is 12.2 Å². The van der Waals surface area contributed by atoms with Gasteiger partial charge in [-0.25, -0.2) is 0 Å². The second-order valence-corrected chi connectivity index (χ2v) is 16.4. The van der Waals surface area contributed by atoms with Crippen LogP contribution in [0.25, 0.3) is 0 Å². The molecule has 0 saturated heterocycles. The van der Waals surface area contributed by atoms with Gasteiger partial charge in [0.1, 0.15) is 0 Å². The number of aliphatic hydroxyl groups is 2. The Morgan fingerprint density at radius 1 is 0.647 bits per heavy atom. The summed E-state index contributed by atoms with van der Waals surface area (Å²) in [4.78, 5) is 0. The van der Waals surface area contributed by atoms with Crippen molar-refractivity contribution in [2.24, 2.45) is 23.7 Å². The summed E-state index contributed by atoms with van der Waals surface area (Å²) in [6.45, 7) is 0. The van der Waals surface area contributed by atoms with E-state index in [2.05, 4.69) is 0 Å². The van der Waals surface area contributed by atoms with E-state index in [1.54, 1.807) is 0 Å². The minimum atomic E-state index is -1.13. The number of fused-ring (bicyclic) bond motifs is 4. The summed E-state index contributed by atoms with van der Waals surface area (Å²) in [6.07, 6.45) is 8.12. The van der Waals surface area contributed by atoms with Crippen molar-refractivity contribution >= 4 is 0 Å². The molecule has 0 heterocycles. The van der Waals surface area contributed by atoms with Gasteiger partial charge in [-0.1, -0.05) is 0 Å². The summed E-state index contributed by atoms with van der Waals surface area (Å²) < 4.78 is 1.49. The zero-order valence-corrected chi connectivity index (χ0v) is 16.0. The molecule has 0 aliphatic heterocycles. The van der Waals surface area contributed by atoms with Crippen LogP contribution in [0.4, 0.5) is 0 Å². The van der Waals surface area contributed by atoms with Crippen LogP contribution in [0.15, 0.2) is 0 Å². The van der Waals surface area contributed by atoms with Crippen LogP contribution in [0, 0.1) is 23.7 Å². The van der Waals surface area contributed by atoms with Crippen molar-refractivity contribution in [3.05, 3.63) is 0 Å². The molecule has 17 heavy (non-hydrogen) atoms. The summed E-state index contributed by atoms with van der Waals surface area (Å²) in [5, 5.41) is 20.7. The molecule has 4 aliphatic rings. The van der Waals surface area contributed by atoms with Gasteiger partial charge in [0.25, 0.3) is 0 Å². The molecule has 4 saturated carbocycles. The van der Waals surface area contributed by atoms with Gasteiger partial charge in [0.15, 0.2) is 0 Å². The quantitative estimate of drug-likeness (QED) is 0.670. The van der Waals surface area contributed by atoms with Crippen molar-refractivity contribution in [2.75, 3.05) is 0 Å². The van der Waals surface area contributed by atoms with Crippen LogP contribution in [0.2, 0.25) is 6.85 Å². The van der Waals surface area contributed by atoms with Crippen molar-refractivity contribution in [3.63, 3.8) is 0 Å². The Morgan fingerprint density at radius 3 is 1.41 bits per heavy atom. The van der Waals surface area contributed by atoms with Gasteiger partial charge in [-0.3, -0.25) is 0 Å². The third-order valence-corrected chi connectivity index (χ3v) is 19.8. The van der Waals surface area contributed by atoms with Gasteiger partial charge < -0.3 is 0 Å². The zero-order chi connectivity index (χ0) is 11.6. The Hall–Kier alpha value is 0.855. The van der Waals surface area contributed by atoms with Crippen molar-refractivity contribution < 1.29 is 34.8 Å². The van der Waals surface area contributed by atoms with E-state index >= 15 is 0 Å². The normalized spacial score (nSPS) is 59.9. The molecule has 4 aliphatic carbocycles. The van der Waals surface area contributed by atoms with E-state index in [1.807, 2.05) is 0 Å². The fourth-order valence-corrected chi connectivity index (χ4v) is 19.7. The van der Waals surface area contributed by atoms with Crippen LogP contribution < -0.4 is 0 Å². The van der Waals surface area contributed by atoms with Crippen LogP contribution in [-0.4, -0.2) is 22.4 Å². The summed E-state index contributed by atoms with van der Waals surface area (Å²) in [5.74, 6) is 3.06. The predicted molar refractivity (Wildman–Crippen MR) is 61.2 cm³/mol. The molecule has 4 fully saturated rings. The Kier molecular flexibility index (Phi) is 2.86. The zero-order valence-electron chi connectivity index (χ0n) is 10.5. The third kappa shape index (κ3) is 1.69. The molecule has 0 spiro atoms. The molecule has 0 aromatic rings. The SMILES string of the molecule is O[C@H]1[C@@H]2CC[C@@H](C2)[C@H]1[Hg][C@@H]1[C@H]2CC[C@H](C2)[C@@H]1O. The number of hydrogen-bond acceptors (Lipinski definition) is 2. The van der Waals surface area contributed by atoms with E-state index < -0.39 is 24.6 Å². The first-order chi connectivity index (χ1) is 8.24. The Bertz CT molecular complexity index is 287. The molecule has 8 atom stereocenters. The molecular formula is C14H22HgO2. The summed E-state index contributed by atoms with van der Waals surface area (Å²) in [7, 11) is 0. The van der Waals surface area contributed by atoms with Gasteiger partial charge in [-0.2, -0.15) is 0 Å². The minimum absolute atomic E-state index is 0.0572. The van der Waals surface area contributed by atoms with E-state index in [9.17, 15) is 10.2 Å². The first kappa shape index (κ1) is 11.7. The molecule has 2 N–H and O–H groups in total. The Morgan fingerprint density at radius 2 is 1.06 bits per heavy atom. The molecule has 0 aromatic carbocycles. The number of hydrogen-bond donors (Lipinski definition) is 2. The van der Waals surface area contributed by atoms with E-state index in [4.69, 9.17) is 0 Å². The van der Waals surface area contributed by atoms with Crippen molar-refractivity contribution in [1.82, 2.24) is 0 Å². The van der Waals surface area contributed by atoms with Gasteiger partial charge in [0, 0.05) is 0 Å². The summed E-state index contributed by atoms with van der Waals surface area (Å²) in [6, 6.07) is 0. The molecule has 3 heteroatoms. The second-order valence-electron chi connectivity index (χ2n) is 7.21. The van der Waals surface area contributed by atoms with Gasteiger partial charge in [-0.15, -0.1) is 0 Å². The summed E-state index contributed by atoms with van der Waals surface area (Å²) in [5.41, 5.74) is 0. The standard InChI is InChI=1S/2C7H11O.Hg/c2*8-7-4-5-1-2-6(7)3-5;/h2*4-8H,1-3H2;/t2*5-,6+,7+;/m00./s1. The fourth-order valence-electron chi connectivity index (χ4n) is 5.74. The predicted octanol–water partition coefficient (Wildman–Crippen LogP) is 2.23. The average molecular weight is 423 g/mol. The third-order valence-electron chi connectivity index (χ3n) is 6.63. The number of rotatable bonds is 2. The summed E-state index contributed by atoms with van der Waals surface area (Å²) >= 11 is -1.13. The topological polar surface area (TPSA) is 40.5 Å². The second kappa shape index (κ2) is 4.18. The van der Waals surface area contributed by atoms with E-state index in [1.165, 1.54) is 38.5 Å². The molecule has 2 nitrogen and oxygen atoms in total. The molecule has 4 bridgehead atoms. The Labute approximate surface area is 116 Å². The van der Waals surface area contributed by atoms with Crippen molar-refractivity contribution in [3.8, 4) is 0 Å². The maximum absolute atomic E-state index is 10.4. The van der Waals surface area contributed by atoms with Crippen LogP contribution in [0.5, 0.6) is 0 Å². The van der Waals surface area contributed by atoms with E-state index in [0.717, 1.165) is 18.7 Å². The first-order valence-corrected chi connectivity index (χ1v) is 13.9. The molecule has 0 aromatic heterocycles. The monoisotopic (exact) mass is 424 g/mol. The van der Waals surface area contributed by atoms with Crippen LogP contribution in [-0.2, 0) is 24.6 Å². The molecule has 92 valence electrons. The number of aliphatic hydroxyl groups excluding tert-OH is 2. The Balaban J connectivity index is 1.47. The van der Waals surface area contributed by atoms with Gasteiger partial charge in [0.2, 0.25) is 0 Å². The van der Waals surface area contributed by atoms with Crippen LogP contribution in [0.1, 0.15) is 38.5 Å². The molecule has 0 radical (unpaired) electrons.